The molecule has 0 radical (unpaired) electrons. The molecule has 2 aromatic carbocycles. The first-order valence-electron chi connectivity index (χ1n) is 11.0. The summed E-state index contributed by atoms with van der Waals surface area (Å²) in [6.07, 6.45) is 3.89. The Morgan fingerprint density at radius 2 is 2.03 bits per heavy atom. The molecule has 4 rings (SSSR count). The number of nitrogens with one attached hydrogen (secondary N) is 1. The van der Waals surface area contributed by atoms with Gasteiger partial charge in [-0.15, -0.1) is 0 Å². The lowest BCUT2D eigenvalue weighted by molar-refractivity contribution is -0.141. The van der Waals surface area contributed by atoms with Crippen LogP contribution in [0.2, 0.25) is 0 Å². The molecule has 0 bridgehead atoms. The van der Waals surface area contributed by atoms with Gasteiger partial charge >= 0.3 is 5.97 Å². The Morgan fingerprint density at radius 3 is 2.69 bits per heavy atom. The van der Waals surface area contributed by atoms with Gasteiger partial charge in [0.25, 0.3) is 0 Å². The van der Waals surface area contributed by atoms with Gasteiger partial charge in [-0.3, -0.25) is 4.79 Å². The number of allylic oxidation sites excluding steroid dienone is 2. The quantitative estimate of drug-likeness (QED) is 0.521. The third kappa shape index (κ3) is 4.44. The van der Waals surface area contributed by atoms with Crippen LogP contribution in [0.1, 0.15) is 54.7 Å². The molecule has 0 amide bonds. The van der Waals surface area contributed by atoms with E-state index in [1.807, 2.05) is 19.1 Å². The van der Waals surface area contributed by atoms with Crippen molar-refractivity contribution in [3.8, 4) is 5.75 Å². The minimum atomic E-state index is -0.730. The molecule has 0 fully saturated rings. The predicted molar refractivity (Wildman–Crippen MR) is 127 cm³/mol. The van der Waals surface area contributed by atoms with E-state index in [1.165, 1.54) is 11.1 Å². The Bertz CT molecular complexity index is 1200. The van der Waals surface area contributed by atoms with E-state index in [0.717, 1.165) is 33.6 Å². The lowest BCUT2D eigenvalue weighted by atomic mass is 9.86. The number of carboxylic acid groups (broad SMARTS) is 1. The number of aliphatic carboxylic acids is 1. The van der Waals surface area contributed by atoms with E-state index in [2.05, 4.69) is 54.5 Å². The fourth-order valence-electron chi connectivity index (χ4n) is 4.33. The van der Waals surface area contributed by atoms with Gasteiger partial charge in [-0.1, -0.05) is 35.9 Å². The second-order valence-corrected chi connectivity index (χ2v) is 8.51. The van der Waals surface area contributed by atoms with Crippen LogP contribution in [-0.2, 0) is 4.79 Å². The van der Waals surface area contributed by atoms with Gasteiger partial charge in [0, 0.05) is 23.1 Å². The van der Waals surface area contributed by atoms with Gasteiger partial charge in [-0.2, -0.15) is 0 Å². The van der Waals surface area contributed by atoms with E-state index < -0.39 is 5.97 Å². The van der Waals surface area contributed by atoms with Crippen molar-refractivity contribution in [3.63, 3.8) is 0 Å². The van der Waals surface area contributed by atoms with Crippen molar-refractivity contribution in [2.45, 2.75) is 46.1 Å². The van der Waals surface area contributed by atoms with Crippen LogP contribution in [0, 0.1) is 19.8 Å². The van der Waals surface area contributed by atoms with Crippen molar-refractivity contribution >= 4 is 28.3 Å². The first kappa shape index (κ1) is 21.8. The van der Waals surface area contributed by atoms with E-state index >= 15 is 0 Å². The number of carboxylic acids is 1. The monoisotopic (exact) mass is 431 g/mol. The predicted octanol–water partition coefficient (Wildman–Crippen LogP) is 5.70. The molecule has 1 aliphatic rings. The Hall–Kier alpha value is -3.41. The molecule has 166 valence electrons. The number of benzene rings is 2. The van der Waals surface area contributed by atoms with Crippen LogP contribution in [0.15, 0.2) is 42.5 Å². The van der Waals surface area contributed by atoms with Crippen LogP contribution in [0.3, 0.4) is 0 Å². The molecule has 2 N–H and O–H groups in total. The van der Waals surface area contributed by atoms with Crippen LogP contribution in [0.5, 0.6) is 5.75 Å². The summed E-state index contributed by atoms with van der Waals surface area (Å²) in [5.74, 6) is 1.17. The van der Waals surface area contributed by atoms with Crippen LogP contribution >= 0.6 is 0 Å². The smallest absolute Gasteiger partial charge is 0.306 e. The fourth-order valence-corrected chi connectivity index (χ4v) is 4.33. The molecule has 0 aliphatic heterocycles. The van der Waals surface area contributed by atoms with E-state index in [4.69, 9.17) is 9.72 Å². The molecule has 0 saturated heterocycles. The van der Waals surface area contributed by atoms with E-state index in [9.17, 15) is 9.90 Å². The Labute approximate surface area is 188 Å². The second-order valence-electron chi connectivity index (χ2n) is 8.51. The van der Waals surface area contributed by atoms with Crippen LogP contribution in [0.25, 0.3) is 16.5 Å². The third-order valence-electron chi connectivity index (χ3n) is 6.13. The van der Waals surface area contributed by atoms with Crippen molar-refractivity contribution in [2.24, 2.45) is 5.92 Å². The summed E-state index contributed by atoms with van der Waals surface area (Å²) < 4.78 is 5.69. The highest BCUT2D eigenvalue weighted by Gasteiger charge is 2.23. The van der Waals surface area contributed by atoms with Gasteiger partial charge in [0.2, 0.25) is 0 Å². The van der Waals surface area contributed by atoms with Crippen molar-refractivity contribution < 1.29 is 14.6 Å². The summed E-state index contributed by atoms with van der Waals surface area (Å²) in [5, 5.41) is 13.8. The minimum absolute atomic E-state index is 0.0724. The van der Waals surface area contributed by atoms with Crippen LogP contribution in [-0.4, -0.2) is 28.2 Å². The average molecular weight is 432 g/mol. The maximum absolute atomic E-state index is 11.3. The summed E-state index contributed by atoms with van der Waals surface area (Å²) in [6, 6.07) is 12.5. The van der Waals surface area contributed by atoms with E-state index in [0.29, 0.717) is 25.1 Å². The Balaban J connectivity index is 1.75. The highest BCUT2D eigenvalue weighted by molar-refractivity contribution is 5.94. The first-order chi connectivity index (χ1) is 15.4. The number of methoxy groups -OCH3 is 1. The molecule has 2 atom stereocenters. The molecule has 1 heterocycles. The van der Waals surface area contributed by atoms with E-state index in [1.54, 1.807) is 7.11 Å². The number of anilines is 1. The third-order valence-corrected chi connectivity index (χ3v) is 6.13. The summed E-state index contributed by atoms with van der Waals surface area (Å²) >= 11 is 0. The first-order valence-corrected chi connectivity index (χ1v) is 11.0. The van der Waals surface area contributed by atoms with Crippen LogP contribution < -0.4 is 10.1 Å². The van der Waals surface area contributed by atoms with Gasteiger partial charge in [-0.25, -0.2) is 9.97 Å². The number of aryl methyl sites for hydroxylation is 2. The molecule has 1 aliphatic carbocycles. The number of fused-ring (bicyclic) bond motifs is 1. The lowest BCUT2D eigenvalue weighted by Crippen LogP contribution is -2.16. The number of ether oxygens (including phenoxy) is 1. The summed E-state index contributed by atoms with van der Waals surface area (Å²) in [7, 11) is 1.65. The molecule has 6 heteroatoms. The van der Waals surface area contributed by atoms with Crippen molar-refractivity contribution in [1.82, 2.24) is 9.97 Å². The van der Waals surface area contributed by atoms with Gasteiger partial charge < -0.3 is 15.2 Å². The van der Waals surface area contributed by atoms with Gasteiger partial charge in [-0.05, 0) is 57.2 Å². The normalized spacial score (nSPS) is 17.0. The number of nitrogens with zero attached hydrogens (tertiary/aromatic N) is 2. The zero-order valence-electron chi connectivity index (χ0n) is 19.0. The summed E-state index contributed by atoms with van der Waals surface area (Å²) in [5.41, 5.74) is 5.31. The van der Waals surface area contributed by atoms with Crippen LogP contribution in [0.4, 0.5) is 5.82 Å². The summed E-state index contributed by atoms with van der Waals surface area (Å²) in [4.78, 5) is 20.7. The largest absolute Gasteiger partial charge is 0.496 e. The molecular formula is C26H29N3O3. The molecule has 0 spiro atoms. The maximum Gasteiger partial charge on any atom is 0.306 e. The van der Waals surface area contributed by atoms with Crippen molar-refractivity contribution in [2.75, 3.05) is 12.4 Å². The van der Waals surface area contributed by atoms with Crippen molar-refractivity contribution in [1.29, 1.82) is 0 Å². The Morgan fingerprint density at radius 1 is 1.22 bits per heavy atom. The second kappa shape index (κ2) is 8.99. The average Bonchev–Trinajstić information content (AvgIpc) is 2.78. The van der Waals surface area contributed by atoms with E-state index in [-0.39, 0.29) is 12.0 Å². The highest BCUT2D eigenvalue weighted by Crippen LogP contribution is 2.38. The molecular weight excluding hydrogens is 402 g/mol. The summed E-state index contributed by atoms with van der Waals surface area (Å²) in [6.45, 7) is 6.10. The molecule has 0 saturated carbocycles. The minimum Gasteiger partial charge on any atom is -0.496 e. The number of hydrogen-bond acceptors (Lipinski definition) is 5. The highest BCUT2D eigenvalue weighted by atomic mass is 16.5. The fraction of sp³-hybridized carbons (Fsp3) is 0.346. The van der Waals surface area contributed by atoms with Gasteiger partial charge in [0.05, 0.1) is 18.5 Å². The number of aromatic nitrogens is 2. The molecule has 32 heavy (non-hydrogen) atoms. The number of rotatable bonds is 6. The van der Waals surface area contributed by atoms with Gasteiger partial charge in [0.1, 0.15) is 17.4 Å². The molecule has 1 unspecified atom stereocenters. The topological polar surface area (TPSA) is 84.3 Å². The lowest BCUT2D eigenvalue weighted by Gasteiger charge is -2.22. The van der Waals surface area contributed by atoms with Gasteiger partial charge in [0.15, 0.2) is 0 Å². The molecule has 1 aromatic heterocycles. The zero-order valence-corrected chi connectivity index (χ0v) is 19.0. The Kier molecular flexibility index (Phi) is 6.12. The maximum atomic E-state index is 11.3. The number of hydrogen-bond donors (Lipinski definition) is 2. The molecule has 6 nitrogen and oxygen atoms in total. The zero-order chi connectivity index (χ0) is 22.8. The molecule has 3 aromatic rings. The van der Waals surface area contributed by atoms with Crippen molar-refractivity contribution in [3.05, 3.63) is 65.0 Å². The SMILES string of the molecule is COc1cc2nc(C)nc(N[C@H](C)c3cccc(C)c3)c2cc1C1=CCC(C(=O)O)CC1. The number of carbonyl (C=O) groups is 1. The standard InChI is InChI=1S/C26H29N3O3/c1-15-6-5-7-20(12-15)16(2)27-25-22-13-21(18-8-10-19(11-9-18)26(30)31)24(32-4)14-23(22)28-17(3)29-25/h5-8,12-14,16,19H,9-11H2,1-4H3,(H,30,31)(H,27,28,29)/t16-,19?/m1/s1.